The molecular weight excluding hydrogens is 258 g/mol. The number of rotatable bonds is 5. The summed E-state index contributed by atoms with van der Waals surface area (Å²) in [5.74, 6) is 0.452. The van der Waals surface area contributed by atoms with E-state index in [0.717, 1.165) is 18.4 Å². The Morgan fingerprint density at radius 3 is 2.47 bits per heavy atom. The van der Waals surface area contributed by atoms with E-state index in [-0.39, 0.29) is 11.1 Å². The summed E-state index contributed by atoms with van der Waals surface area (Å²) in [6.45, 7) is 0.512. The van der Waals surface area contributed by atoms with Gasteiger partial charge in [0.25, 0.3) is 0 Å². The fourth-order valence-electron chi connectivity index (χ4n) is 1.91. The van der Waals surface area contributed by atoms with Crippen LogP contribution in [0.3, 0.4) is 0 Å². The van der Waals surface area contributed by atoms with Gasteiger partial charge in [0.1, 0.15) is 0 Å². The van der Waals surface area contributed by atoms with Crippen molar-refractivity contribution < 1.29 is 8.42 Å². The van der Waals surface area contributed by atoms with Crippen LogP contribution < -0.4 is 4.72 Å². The molecule has 0 spiro atoms. The summed E-state index contributed by atoms with van der Waals surface area (Å²) in [7, 11) is -3.22. The lowest BCUT2D eigenvalue weighted by molar-refractivity contribution is 0.324. The minimum Gasteiger partial charge on any atom is -0.215 e. The second-order valence-corrected chi connectivity index (χ2v) is 6.95. The average molecular weight is 274 g/mol. The molecule has 1 N–H and O–H groups in total. The first-order valence-corrected chi connectivity index (χ1v) is 7.79. The van der Waals surface area contributed by atoms with E-state index in [9.17, 15) is 8.42 Å². The highest BCUT2D eigenvalue weighted by Crippen LogP contribution is 2.31. The highest BCUT2D eigenvalue weighted by atomic mass is 35.5. The van der Waals surface area contributed by atoms with Gasteiger partial charge in [-0.3, -0.25) is 0 Å². The molecule has 0 unspecified atom stereocenters. The second-order valence-electron chi connectivity index (χ2n) is 4.53. The van der Waals surface area contributed by atoms with Crippen LogP contribution in [0.15, 0.2) is 30.3 Å². The predicted molar refractivity (Wildman–Crippen MR) is 69.4 cm³/mol. The summed E-state index contributed by atoms with van der Waals surface area (Å²) >= 11 is 5.85. The molecule has 0 aliphatic heterocycles. The van der Waals surface area contributed by atoms with Crippen LogP contribution in [0.2, 0.25) is 0 Å². The first kappa shape index (κ1) is 12.9. The highest BCUT2D eigenvalue weighted by Gasteiger charge is 2.28. The normalized spacial score (nSPS) is 24.3. The van der Waals surface area contributed by atoms with E-state index in [1.807, 2.05) is 30.3 Å². The van der Waals surface area contributed by atoms with E-state index in [1.54, 1.807) is 0 Å². The number of alkyl halides is 1. The van der Waals surface area contributed by atoms with Crippen LogP contribution in [0.5, 0.6) is 0 Å². The number of halogens is 1. The minimum atomic E-state index is -3.22. The number of sulfonamides is 1. The zero-order valence-corrected chi connectivity index (χ0v) is 11.0. The SMILES string of the molecule is O=S(=O)(Cc1ccccc1)NCC1CC(Cl)C1. The molecule has 3 nitrogen and oxygen atoms in total. The largest absolute Gasteiger partial charge is 0.215 e. The number of hydrogen-bond acceptors (Lipinski definition) is 2. The lowest BCUT2D eigenvalue weighted by Crippen LogP contribution is -2.36. The summed E-state index contributed by atoms with van der Waals surface area (Å²) in [4.78, 5) is 0. The standard InChI is InChI=1S/C12H16ClNO2S/c13-12-6-11(7-12)8-14-17(15,16)9-10-4-2-1-3-5-10/h1-5,11-12,14H,6-9H2. The number of nitrogens with one attached hydrogen (secondary N) is 1. The summed E-state index contributed by atoms with van der Waals surface area (Å²) in [5.41, 5.74) is 0.809. The van der Waals surface area contributed by atoms with Crippen molar-refractivity contribution in [1.82, 2.24) is 4.72 Å². The Morgan fingerprint density at radius 1 is 1.24 bits per heavy atom. The molecule has 0 atom stereocenters. The highest BCUT2D eigenvalue weighted by molar-refractivity contribution is 7.88. The maximum atomic E-state index is 11.8. The molecule has 2 rings (SSSR count). The van der Waals surface area contributed by atoms with Gasteiger partial charge in [-0.25, -0.2) is 13.1 Å². The lowest BCUT2D eigenvalue weighted by Gasteiger charge is -2.30. The third-order valence-corrected chi connectivity index (χ3v) is 4.65. The Hall–Kier alpha value is -0.580. The van der Waals surface area contributed by atoms with Gasteiger partial charge in [0.2, 0.25) is 10.0 Å². The topological polar surface area (TPSA) is 46.2 Å². The minimum absolute atomic E-state index is 0.0465. The number of benzene rings is 1. The zero-order chi connectivity index (χ0) is 12.3. The second kappa shape index (κ2) is 5.38. The Morgan fingerprint density at radius 2 is 1.88 bits per heavy atom. The van der Waals surface area contributed by atoms with Gasteiger partial charge in [-0.15, -0.1) is 11.6 Å². The van der Waals surface area contributed by atoms with Gasteiger partial charge in [0, 0.05) is 11.9 Å². The van der Waals surface area contributed by atoms with E-state index in [0.29, 0.717) is 12.5 Å². The molecule has 94 valence electrons. The summed E-state index contributed by atoms with van der Waals surface area (Å²) in [6.07, 6.45) is 1.82. The van der Waals surface area contributed by atoms with Gasteiger partial charge >= 0.3 is 0 Å². The zero-order valence-electron chi connectivity index (χ0n) is 9.47. The van der Waals surface area contributed by atoms with Gasteiger partial charge in [0.15, 0.2) is 0 Å². The Labute approximate surface area is 107 Å². The van der Waals surface area contributed by atoms with Crippen LogP contribution >= 0.6 is 11.6 Å². The van der Waals surface area contributed by atoms with E-state index >= 15 is 0 Å². The third-order valence-electron chi connectivity index (χ3n) is 2.97. The van der Waals surface area contributed by atoms with Gasteiger partial charge in [0.05, 0.1) is 5.75 Å². The molecule has 1 aliphatic rings. The van der Waals surface area contributed by atoms with Crippen LogP contribution in [0.25, 0.3) is 0 Å². The average Bonchev–Trinajstić information content (AvgIpc) is 2.24. The summed E-state index contributed by atoms with van der Waals surface area (Å²) in [5, 5.41) is 0.235. The summed E-state index contributed by atoms with van der Waals surface area (Å²) in [6, 6.07) is 9.19. The van der Waals surface area contributed by atoms with Gasteiger partial charge in [-0.1, -0.05) is 30.3 Å². The fourth-order valence-corrected chi connectivity index (χ4v) is 3.64. The molecule has 0 radical (unpaired) electrons. The van der Waals surface area contributed by atoms with E-state index in [2.05, 4.69) is 4.72 Å². The van der Waals surface area contributed by atoms with Crippen LogP contribution in [0.4, 0.5) is 0 Å². The molecule has 0 bridgehead atoms. The molecule has 0 aromatic heterocycles. The van der Waals surface area contributed by atoms with Gasteiger partial charge in [-0.05, 0) is 24.3 Å². The molecule has 0 heterocycles. The van der Waals surface area contributed by atoms with E-state index < -0.39 is 10.0 Å². The lowest BCUT2D eigenvalue weighted by atomic mass is 9.85. The molecule has 5 heteroatoms. The molecule has 1 aromatic rings. The molecule has 1 fully saturated rings. The smallest absolute Gasteiger partial charge is 0.215 e. The summed E-state index contributed by atoms with van der Waals surface area (Å²) < 4.78 is 26.2. The maximum Gasteiger partial charge on any atom is 0.215 e. The molecule has 0 amide bonds. The molecule has 1 saturated carbocycles. The van der Waals surface area contributed by atoms with Crippen molar-refractivity contribution >= 4 is 21.6 Å². The van der Waals surface area contributed by atoms with Crippen molar-refractivity contribution in [2.45, 2.75) is 24.0 Å². The van der Waals surface area contributed by atoms with Crippen molar-refractivity contribution in [2.75, 3.05) is 6.54 Å². The van der Waals surface area contributed by atoms with Crippen molar-refractivity contribution in [1.29, 1.82) is 0 Å². The van der Waals surface area contributed by atoms with Crippen LogP contribution in [-0.4, -0.2) is 20.3 Å². The molecule has 0 saturated heterocycles. The Kier molecular flexibility index (Phi) is 4.07. The van der Waals surface area contributed by atoms with Crippen LogP contribution in [-0.2, 0) is 15.8 Å². The Balaban J connectivity index is 1.83. The van der Waals surface area contributed by atoms with Crippen molar-refractivity contribution in [3.8, 4) is 0 Å². The maximum absolute atomic E-state index is 11.8. The van der Waals surface area contributed by atoms with Gasteiger partial charge in [-0.2, -0.15) is 0 Å². The number of hydrogen-bond donors (Lipinski definition) is 1. The Bertz CT molecular complexity index is 455. The van der Waals surface area contributed by atoms with E-state index in [1.165, 1.54) is 0 Å². The first-order chi connectivity index (χ1) is 8.05. The first-order valence-electron chi connectivity index (χ1n) is 5.70. The third kappa shape index (κ3) is 3.98. The van der Waals surface area contributed by atoms with Crippen molar-refractivity contribution in [2.24, 2.45) is 5.92 Å². The van der Waals surface area contributed by atoms with Crippen LogP contribution in [0, 0.1) is 5.92 Å². The molecular formula is C12H16ClNO2S. The molecule has 1 aromatic carbocycles. The quantitative estimate of drug-likeness (QED) is 0.836. The van der Waals surface area contributed by atoms with Crippen LogP contribution in [0.1, 0.15) is 18.4 Å². The van der Waals surface area contributed by atoms with Gasteiger partial charge < -0.3 is 0 Å². The van der Waals surface area contributed by atoms with Crippen molar-refractivity contribution in [3.05, 3.63) is 35.9 Å². The molecule has 1 aliphatic carbocycles. The molecule has 17 heavy (non-hydrogen) atoms. The predicted octanol–water partition coefficient (Wildman–Crippen LogP) is 2.12. The van der Waals surface area contributed by atoms with Crippen molar-refractivity contribution in [3.63, 3.8) is 0 Å². The fraction of sp³-hybridized carbons (Fsp3) is 0.500. The van der Waals surface area contributed by atoms with E-state index in [4.69, 9.17) is 11.6 Å². The monoisotopic (exact) mass is 273 g/mol.